The maximum absolute atomic E-state index is 13.8. The van der Waals surface area contributed by atoms with Gasteiger partial charge in [0.25, 0.3) is 5.91 Å². The molecule has 1 amide bonds. The maximum Gasteiger partial charge on any atom is 0.441 e. The van der Waals surface area contributed by atoms with Crippen LogP contribution in [0.25, 0.3) is 0 Å². The lowest BCUT2D eigenvalue weighted by Crippen LogP contribution is -2.69. The van der Waals surface area contributed by atoms with Gasteiger partial charge in [-0.2, -0.15) is 13.2 Å². The van der Waals surface area contributed by atoms with E-state index in [-0.39, 0.29) is 11.4 Å². The number of halogens is 3. The second kappa shape index (κ2) is 7.42. The van der Waals surface area contributed by atoms with Crippen LogP contribution < -0.4 is 10.6 Å². The number of amides is 1. The van der Waals surface area contributed by atoms with Crippen molar-refractivity contribution >= 4 is 17.7 Å². The van der Waals surface area contributed by atoms with Crippen molar-refractivity contribution in [1.29, 1.82) is 0 Å². The molecule has 0 saturated carbocycles. The van der Waals surface area contributed by atoms with E-state index in [2.05, 4.69) is 9.72 Å². The van der Waals surface area contributed by atoms with Gasteiger partial charge in [-0.1, -0.05) is 23.8 Å². The third kappa shape index (κ3) is 3.93. The number of benzene rings is 1. The summed E-state index contributed by atoms with van der Waals surface area (Å²) in [6.45, 7) is 1.68. The number of anilines is 1. The molecule has 0 aliphatic rings. The number of carbonyl (C=O) groups is 2. The van der Waals surface area contributed by atoms with Crippen LogP contribution in [0, 0.1) is 6.92 Å². The fourth-order valence-corrected chi connectivity index (χ4v) is 2.20. The molecule has 26 heavy (non-hydrogen) atoms. The molecule has 0 bridgehead atoms. The van der Waals surface area contributed by atoms with Gasteiger partial charge in [0.15, 0.2) is 0 Å². The first-order valence-electron chi connectivity index (χ1n) is 7.43. The molecule has 9 heteroatoms. The Hall–Kier alpha value is -3.10. The molecule has 2 rings (SSSR count). The fraction of sp³-hybridized carbons (Fsp3) is 0.235. The van der Waals surface area contributed by atoms with Gasteiger partial charge in [-0.15, -0.1) is 0 Å². The van der Waals surface area contributed by atoms with Gasteiger partial charge in [-0.3, -0.25) is 4.79 Å². The molecule has 0 aliphatic carbocycles. The Morgan fingerprint density at radius 2 is 1.85 bits per heavy atom. The van der Waals surface area contributed by atoms with E-state index in [0.29, 0.717) is 5.56 Å². The minimum atomic E-state index is -5.21. The highest BCUT2D eigenvalue weighted by atomic mass is 19.4. The summed E-state index contributed by atoms with van der Waals surface area (Å²) >= 11 is 0. The highest BCUT2D eigenvalue weighted by Crippen LogP contribution is 2.33. The second-order valence-corrected chi connectivity index (χ2v) is 5.40. The van der Waals surface area contributed by atoms with E-state index in [9.17, 15) is 22.8 Å². The molecule has 0 spiro atoms. The van der Waals surface area contributed by atoms with Crippen LogP contribution in [0.15, 0.2) is 48.7 Å². The van der Waals surface area contributed by atoms with Gasteiger partial charge >= 0.3 is 17.8 Å². The van der Waals surface area contributed by atoms with E-state index < -0.39 is 23.7 Å². The van der Waals surface area contributed by atoms with Crippen LogP contribution in [0.3, 0.4) is 0 Å². The van der Waals surface area contributed by atoms with Gasteiger partial charge in [0.1, 0.15) is 5.82 Å². The number of nitrogens with zero attached hydrogens (tertiary/aromatic N) is 1. The lowest BCUT2D eigenvalue weighted by molar-refractivity contribution is -0.203. The summed E-state index contributed by atoms with van der Waals surface area (Å²) in [5.41, 5.74) is -2.87. The Kier molecular flexibility index (Phi) is 5.49. The fourth-order valence-electron chi connectivity index (χ4n) is 2.20. The first-order valence-corrected chi connectivity index (χ1v) is 7.43. The van der Waals surface area contributed by atoms with Crippen LogP contribution >= 0.6 is 0 Å². The number of esters is 1. The Labute approximate surface area is 147 Å². The number of rotatable bonds is 5. The third-order valence-corrected chi connectivity index (χ3v) is 3.48. The summed E-state index contributed by atoms with van der Waals surface area (Å²) in [5, 5.41) is 3.68. The van der Waals surface area contributed by atoms with E-state index in [0.717, 1.165) is 7.11 Å². The highest BCUT2D eigenvalue weighted by Gasteiger charge is 2.63. The molecule has 138 valence electrons. The quantitative estimate of drug-likeness (QED) is 0.627. The number of ether oxygens (including phenoxy) is 1. The topological polar surface area (TPSA) is 80.3 Å². The van der Waals surface area contributed by atoms with Crippen LogP contribution in [0.1, 0.15) is 15.9 Å². The van der Waals surface area contributed by atoms with Crippen molar-refractivity contribution in [2.24, 2.45) is 0 Å². The molecule has 1 aromatic carbocycles. The van der Waals surface area contributed by atoms with E-state index in [1.54, 1.807) is 18.3 Å². The molecule has 2 N–H and O–H groups in total. The van der Waals surface area contributed by atoms with Crippen LogP contribution in [0.5, 0.6) is 0 Å². The van der Waals surface area contributed by atoms with Crippen LogP contribution in [0.2, 0.25) is 0 Å². The standard InChI is InChI=1S/C17H16F3N3O3/c1-11-6-5-7-12(10-11)14(24)23-16(15(25)26-2,17(18,19)20)22-13-8-3-4-9-21-13/h3-10H,1-2H3,(H,21,22)(H,23,24). The van der Waals surface area contributed by atoms with E-state index in [4.69, 9.17) is 0 Å². The monoisotopic (exact) mass is 367 g/mol. The highest BCUT2D eigenvalue weighted by molar-refractivity contribution is 5.99. The molecule has 1 atom stereocenters. The summed E-state index contributed by atoms with van der Waals surface area (Å²) in [4.78, 5) is 28.2. The third-order valence-electron chi connectivity index (χ3n) is 3.48. The minimum absolute atomic E-state index is 0.0367. The number of alkyl halides is 3. The van der Waals surface area contributed by atoms with Gasteiger partial charge in [0.05, 0.1) is 7.11 Å². The molecule has 1 heterocycles. The van der Waals surface area contributed by atoms with Crippen molar-refractivity contribution < 1.29 is 27.5 Å². The molecule has 2 aromatic rings. The second-order valence-electron chi connectivity index (χ2n) is 5.40. The maximum atomic E-state index is 13.8. The summed E-state index contributed by atoms with van der Waals surface area (Å²) in [5.74, 6) is -3.09. The first kappa shape index (κ1) is 19.2. The zero-order valence-electron chi connectivity index (χ0n) is 13.9. The SMILES string of the molecule is COC(=O)C(NC(=O)c1cccc(C)c1)(Nc1ccccn1)C(F)(F)F. The number of pyridine rings is 1. The summed E-state index contributed by atoms with van der Waals surface area (Å²) < 4.78 is 45.9. The number of hydrogen-bond acceptors (Lipinski definition) is 5. The van der Waals surface area contributed by atoms with E-state index in [1.165, 1.54) is 42.6 Å². The predicted octanol–water partition coefficient (Wildman–Crippen LogP) is 2.66. The van der Waals surface area contributed by atoms with Crippen molar-refractivity contribution in [3.63, 3.8) is 0 Å². The zero-order chi connectivity index (χ0) is 19.4. The van der Waals surface area contributed by atoms with Crippen LogP contribution in [-0.4, -0.2) is 35.8 Å². The molecule has 1 aromatic heterocycles. The minimum Gasteiger partial charge on any atom is -0.466 e. The number of nitrogens with one attached hydrogen (secondary N) is 2. The zero-order valence-corrected chi connectivity index (χ0v) is 13.9. The smallest absolute Gasteiger partial charge is 0.441 e. The average molecular weight is 367 g/mol. The summed E-state index contributed by atoms with van der Waals surface area (Å²) in [6.07, 6.45) is -3.97. The largest absolute Gasteiger partial charge is 0.466 e. The van der Waals surface area contributed by atoms with Crippen LogP contribution in [0.4, 0.5) is 19.0 Å². The summed E-state index contributed by atoms with van der Waals surface area (Å²) in [6, 6.07) is 10.1. The Morgan fingerprint density at radius 1 is 1.12 bits per heavy atom. The molecular formula is C17H16F3N3O3. The van der Waals surface area contributed by atoms with Gasteiger partial charge in [0, 0.05) is 11.8 Å². The Morgan fingerprint density at radius 3 is 2.38 bits per heavy atom. The van der Waals surface area contributed by atoms with Crippen LogP contribution in [-0.2, 0) is 9.53 Å². The van der Waals surface area contributed by atoms with Crippen molar-refractivity contribution in [3.05, 3.63) is 59.8 Å². The van der Waals surface area contributed by atoms with Crippen molar-refractivity contribution in [2.45, 2.75) is 18.8 Å². The normalized spacial score (nSPS) is 13.4. The molecule has 1 unspecified atom stereocenters. The molecule has 0 aliphatic heterocycles. The number of hydrogen-bond donors (Lipinski definition) is 2. The van der Waals surface area contributed by atoms with Gasteiger partial charge in [-0.05, 0) is 31.2 Å². The molecule has 0 radical (unpaired) electrons. The number of aryl methyl sites for hydroxylation is 1. The van der Waals surface area contributed by atoms with Gasteiger partial charge in [0.2, 0.25) is 0 Å². The van der Waals surface area contributed by atoms with E-state index in [1.807, 2.05) is 5.32 Å². The van der Waals surface area contributed by atoms with Crippen molar-refractivity contribution in [3.8, 4) is 0 Å². The molecule has 6 nitrogen and oxygen atoms in total. The lowest BCUT2D eigenvalue weighted by Gasteiger charge is -2.34. The van der Waals surface area contributed by atoms with Gasteiger partial charge in [-0.25, -0.2) is 9.78 Å². The number of carbonyl (C=O) groups excluding carboxylic acids is 2. The first-order chi connectivity index (χ1) is 12.2. The number of methoxy groups -OCH3 is 1. The van der Waals surface area contributed by atoms with Gasteiger partial charge < -0.3 is 15.4 Å². The molecule has 0 saturated heterocycles. The Balaban J connectivity index is 2.48. The predicted molar refractivity (Wildman–Crippen MR) is 87.3 cm³/mol. The van der Waals surface area contributed by atoms with Crippen molar-refractivity contribution in [1.82, 2.24) is 10.3 Å². The van der Waals surface area contributed by atoms with Crippen molar-refractivity contribution in [2.75, 3.05) is 12.4 Å². The number of aromatic nitrogens is 1. The molecule has 0 fully saturated rings. The summed E-state index contributed by atoms with van der Waals surface area (Å²) in [7, 11) is 0.793. The Bertz CT molecular complexity index is 797. The molecular weight excluding hydrogens is 351 g/mol. The van der Waals surface area contributed by atoms with E-state index >= 15 is 0 Å². The lowest BCUT2D eigenvalue weighted by atomic mass is 10.1. The average Bonchev–Trinajstić information content (AvgIpc) is 2.60.